The van der Waals surface area contributed by atoms with Crippen LogP contribution < -0.4 is 10.6 Å². The Balaban J connectivity index is 1.31. The molecule has 0 saturated carbocycles. The molecule has 2 aliphatic heterocycles. The maximum atomic E-state index is 15.4. The zero-order valence-corrected chi connectivity index (χ0v) is 19.5. The van der Waals surface area contributed by atoms with Gasteiger partial charge < -0.3 is 10.6 Å². The summed E-state index contributed by atoms with van der Waals surface area (Å²) in [4.78, 5) is 18.0. The second-order valence-electron chi connectivity index (χ2n) is 9.46. The number of aryl methyl sites for hydroxylation is 1. The van der Waals surface area contributed by atoms with Crippen molar-refractivity contribution >= 4 is 22.7 Å². The molecule has 2 atom stereocenters. The van der Waals surface area contributed by atoms with Crippen molar-refractivity contribution in [1.82, 2.24) is 24.4 Å². The molecule has 4 aromatic rings. The molecule has 2 N–H and O–H groups in total. The molecular weight excluding hydrogens is 441 g/mol. The van der Waals surface area contributed by atoms with Crippen molar-refractivity contribution in [3.05, 3.63) is 60.3 Å². The minimum Gasteiger partial charge on any atom is -0.384 e. The highest BCUT2D eigenvalue weighted by atomic mass is 19.1. The molecule has 2 saturated heterocycles. The van der Waals surface area contributed by atoms with Crippen LogP contribution in [0.4, 0.5) is 15.9 Å². The number of nitrogen functional groups attached to an aromatic ring is 1. The van der Waals surface area contributed by atoms with Crippen LogP contribution in [0.5, 0.6) is 0 Å². The van der Waals surface area contributed by atoms with E-state index in [1.54, 1.807) is 18.3 Å². The van der Waals surface area contributed by atoms with Gasteiger partial charge in [-0.05, 0) is 55.2 Å². The Bertz CT molecular complexity index is 1460. The average Bonchev–Trinajstić information content (AvgIpc) is 3.49. The van der Waals surface area contributed by atoms with Crippen molar-refractivity contribution in [2.75, 3.05) is 43.4 Å². The van der Waals surface area contributed by atoms with Crippen molar-refractivity contribution in [2.45, 2.75) is 6.92 Å². The highest BCUT2D eigenvalue weighted by molar-refractivity contribution is 5.78. The van der Waals surface area contributed by atoms with Gasteiger partial charge in [0, 0.05) is 44.0 Å². The second kappa shape index (κ2) is 8.36. The third kappa shape index (κ3) is 3.78. The van der Waals surface area contributed by atoms with E-state index in [-0.39, 0.29) is 5.82 Å². The van der Waals surface area contributed by atoms with Crippen LogP contribution >= 0.6 is 0 Å². The third-order valence-electron chi connectivity index (χ3n) is 7.16. The molecular formula is C27H26FN7. The summed E-state index contributed by atoms with van der Waals surface area (Å²) in [6.07, 6.45) is 7.13. The van der Waals surface area contributed by atoms with Gasteiger partial charge in [-0.1, -0.05) is 5.92 Å². The van der Waals surface area contributed by atoms with Crippen LogP contribution in [0.25, 0.3) is 28.1 Å². The van der Waals surface area contributed by atoms with Crippen LogP contribution in [0, 0.1) is 36.9 Å². The molecule has 1 aromatic carbocycles. The van der Waals surface area contributed by atoms with E-state index >= 15 is 4.39 Å². The van der Waals surface area contributed by atoms with Gasteiger partial charge in [0.15, 0.2) is 5.65 Å². The lowest BCUT2D eigenvalue weighted by molar-refractivity contribution is 0.356. The Kier molecular flexibility index (Phi) is 5.15. The number of pyridine rings is 2. The van der Waals surface area contributed by atoms with E-state index < -0.39 is 0 Å². The van der Waals surface area contributed by atoms with Crippen molar-refractivity contribution in [2.24, 2.45) is 11.8 Å². The molecule has 2 unspecified atom stereocenters. The molecule has 0 spiro atoms. The van der Waals surface area contributed by atoms with Crippen LogP contribution in [0.2, 0.25) is 0 Å². The number of benzene rings is 1. The van der Waals surface area contributed by atoms with Gasteiger partial charge in [-0.15, -0.1) is 6.42 Å². The number of fused-ring (bicyclic) bond motifs is 2. The van der Waals surface area contributed by atoms with E-state index in [1.165, 1.54) is 0 Å². The largest absolute Gasteiger partial charge is 0.384 e. The smallest absolute Gasteiger partial charge is 0.165 e. The first-order valence-corrected chi connectivity index (χ1v) is 11.8. The number of nitrogens with zero attached hydrogens (tertiary/aromatic N) is 6. The molecule has 2 aliphatic rings. The van der Waals surface area contributed by atoms with Gasteiger partial charge >= 0.3 is 0 Å². The Hall–Kier alpha value is -3.96. The van der Waals surface area contributed by atoms with Gasteiger partial charge in [0.2, 0.25) is 0 Å². The maximum absolute atomic E-state index is 15.4. The summed E-state index contributed by atoms with van der Waals surface area (Å²) in [5.41, 5.74) is 10.2. The standard InChI is InChI=1S/C27H26FN7/c1-3-10-33-13-19-15-34(16-20(19)14-33)25-7-4-21(12-22(25)28)35-17(2)31-24-6-5-23(32-27(24)35)18-8-9-30-26(29)11-18/h1,4-9,11-12,19-20H,10,13-16H2,2H3,(H2,29,30). The number of anilines is 2. The summed E-state index contributed by atoms with van der Waals surface area (Å²) in [5, 5.41) is 0. The third-order valence-corrected chi connectivity index (χ3v) is 7.16. The van der Waals surface area contributed by atoms with Crippen LogP contribution in [0.1, 0.15) is 5.82 Å². The Labute approximate surface area is 203 Å². The molecule has 0 radical (unpaired) electrons. The zero-order valence-electron chi connectivity index (χ0n) is 19.5. The van der Waals surface area contributed by atoms with E-state index in [4.69, 9.17) is 17.1 Å². The maximum Gasteiger partial charge on any atom is 0.165 e. The van der Waals surface area contributed by atoms with Gasteiger partial charge in [-0.3, -0.25) is 9.47 Å². The quantitative estimate of drug-likeness (QED) is 0.463. The van der Waals surface area contributed by atoms with Crippen LogP contribution in [-0.4, -0.2) is 57.1 Å². The van der Waals surface area contributed by atoms with Crippen LogP contribution in [0.15, 0.2) is 48.7 Å². The predicted molar refractivity (Wildman–Crippen MR) is 136 cm³/mol. The minimum absolute atomic E-state index is 0.234. The number of aromatic nitrogens is 4. The number of imidazole rings is 1. The number of halogens is 1. The number of rotatable bonds is 4. The lowest BCUT2D eigenvalue weighted by Gasteiger charge is -2.23. The highest BCUT2D eigenvalue weighted by Gasteiger charge is 2.40. The Morgan fingerprint density at radius 1 is 1.06 bits per heavy atom. The van der Waals surface area contributed by atoms with Gasteiger partial charge in [0.25, 0.3) is 0 Å². The fraction of sp³-hybridized carbons (Fsp3) is 0.296. The molecule has 5 heterocycles. The first kappa shape index (κ1) is 21.6. The van der Waals surface area contributed by atoms with Gasteiger partial charge in [0.1, 0.15) is 23.0 Å². The van der Waals surface area contributed by atoms with E-state index in [2.05, 4.69) is 25.7 Å². The number of likely N-dealkylation sites (tertiary alicyclic amines) is 1. The molecule has 0 aliphatic carbocycles. The number of nitrogens with two attached hydrogens (primary N) is 1. The molecule has 176 valence electrons. The summed E-state index contributed by atoms with van der Waals surface area (Å²) in [6.45, 7) is 6.29. The average molecular weight is 468 g/mol. The van der Waals surface area contributed by atoms with Crippen LogP contribution in [0.3, 0.4) is 0 Å². The molecule has 8 heteroatoms. The molecule has 2 fully saturated rings. The summed E-state index contributed by atoms with van der Waals surface area (Å²) in [6, 6.07) is 12.9. The van der Waals surface area contributed by atoms with E-state index in [9.17, 15) is 0 Å². The number of terminal acetylenes is 1. The summed E-state index contributed by atoms with van der Waals surface area (Å²) in [7, 11) is 0. The number of hydrogen-bond donors (Lipinski definition) is 1. The normalized spacial score (nSPS) is 19.9. The highest BCUT2D eigenvalue weighted by Crippen LogP contribution is 2.35. The van der Waals surface area contributed by atoms with E-state index in [1.807, 2.05) is 41.8 Å². The predicted octanol–water partition coefficient (Wildman–Crippen LogP) is 3.51. The SMILES string of the molecule is C#CCN1CC2CN(c3ccc(-n4c(C)nc5ccc(-c6ccnc(N)c6)nc54)cc3F)CC2C1. The lowest BCUT2D eigenvalue weighted by atomic mass is 10.0. The van der Waals surface area contributed by atoms with Crippen LogP contribution in [-0.2, 0) is 0 Å². The van der Waals surface area contributed by atoms with Gasteiger partial charge in [-0.25, -0.2) is 19.3 Å². The Morgan fingerprint density at radius 2 is 1.86 bits per heavy atom. The monoisotopic (exact) mass is 467 g/mol. The summed E-state index contributed by atoms with van der Waals surface area (Å²) in [5.74, 6) is 4.75. The minimum atomic E-state index is -0.234. The van der Waals surface area contributed by atoms with Gasteiger partial charge in [0.05, 0.1) is 23.6 Å². The topological polar surface area (TPSA) is 76.1 Å². The molecule has 0 bridgehead atoms. The molecule has 0 amide bonds. The lowest BCUT2D eigenvalue weighted by Crippen LogP contribution is -2.29. The summed E-state index contributed by atoms with van der Waals surface area (Å²) >= 11 is 0. The fourth-order valence-electron chi connectivity index (χ4n) is 5.58. The van der Waals surface area contributed by atoms with Gasteiger partial charge in [-0.2, -0.15) is 0 Å². The molecule has 35 heavy (non-hydrogen) atoms. The van der Waals surface area contributed by atoms with Crippen molar-refractivity contribution in [3.8, 4) is 29.3 Å². The van der Waals surface area contributed by atoms with E-state index in [0.29, 0.717) is 41.2 Å². The summed E-state index contributed by atoms with van der Waals surface area (Å²) < 4.78 is 17.3. The van der Waals surface area contributed by atoms with Crippen molar-refractivity contribution < 1.29 is 4.39 Å². The molecule has 7 nitrogen and oxygen atoms in total. The fourth-order valence-corrected chi connectivity index (χ4v) is 5.58. The van der Waals surface area contributed by atoms with Crippen molar-refractivity contribution in [3.63, 3.8) is 0 Å². The van der Waals surface area contributed by atoms with Crippen molar-refractivity contribution in [1.29, 1.82) is 0 Å². The first-order chi connectivity index (χ1) is 17.0. The first-order valence-electron chi connectivity index (χ1n) is 11.8. The number of hydrogen-bond acceptors (Lipinski definition) is 6. The zero-order chi connectivity index (χ0) is 24.1. The Morgan fingerprint density at radius 3 is 2.57 bits per heavy atom. The molecule has 3 aromatic heterocycles. The molecule has 6 rings (SSSR count). The second-order valence-corrected chi connectivity index (χ2v) is 9.46. The van der Waals surface area contributed by atoms with E-state index in [0.717, 1.165) is 48.8 Å².